The molecule has 1 saturated carbocycles. The van der Waals surface area contributed by atoms with Crippen LogP contribution in [0.4, 0.5) is 4.79 Å². The van der Waals surface area contributed by atoms with Gasteiger partial charge in [-0.05, 0) is 41.5 Å². The second-order valence-electron chi connectivity index (χ2n) is 8.14. The highest BCUT2D eigenvalue weighted by Gasteiger charge is 2.35. The first kappa shape index (κ1) is 20.9. The minimum atomic E-state index is -1.01. The van der Waals surface area contributed by atoms with E-state index in [-0.39, 0.29) is 37.3 Å². The van der Waals surface area contributed by atoms with Gasteiger partial charge < -0.3 is 20.1 Å². The van der Waals surface area contributed by atoms with Crippen molar-refractivity contribution in [2.75, 3.05) is 13.7 Å². The molecule has 1 fully saturated rings. The van der Waals surface area contributed by atoms with E-state index in [1.54, 1.807) is 11.9 Å². The second kappa shape index (κ2) is 8.79. The number of carboxylic acids is 1. The Bertz CT molecular complexity index is 955. The number of fused-ring (bicyclic) bond motifs is 3. The van der Waals surface area contributed by atoms with Crippen LogP contribution < -0.4 is 5.32 Å². The lowest BCUT2D eigenvalue weighted by molar-refractivity contribution is -0.137. The maximum Gasteiger partial charge on any atom is 0.407 e. The molecule has 2 aliphatic carbocycles. The predicted molar refractivity (Wildman–Crippen MR) is 115 cm³/mol. The maximum absolute atomic E-state index is 12.7. The largest absolute Gasteiger partial charge is 0.481 e. The summed E-state index contributed by atoms with van der Waals surface area (Å²) in [5.74, 6) is -1.38. The first-order chi connectivity index (χ1) is 15.0. The number of ether oxygens (including phenoxy) is 1. The molecule has 0 heterocycles. The van der Waals surface area contributed by atoms with E-state index in [0.717, 1.165) is 35.1 Å². The Morgan fingerprint density at radius 3 is 2.19 bits per heavy atom. The van der Waals surface area contributed by atoms with Crippen molar-refractivity contribution < 1.29 is 24.2 Å². The van der Waals surface area contributed by atoms with E-state index in [4.69, 9.17) is 9.84 Å². The average molecular weight is 422 g/mol. The van der Waals surface area contributed by atoms with Crippen molar-refractivity contribution in [2.24, 2.45) is 0 Å². The molecule has 31 heavy (non-hydrogen) atoms. The smallest absolute Gasteiger partial charge is 0.407 e. The number of nitrogens with one attached hydrogen (secondary N) is 1. The molecule has 7 nitrogen and oxygen atoms in total. The molecule has 0 radical (unpaired) electrons. The van der Waals surface area contributed by atoms with Crippen molar-refractivity contribution in [1.29, 1.82) is 0 Å². The number of alkyl carbamates (subject to hydrolysis) is 1. The summed E-state index contributed by atoms with van der Waals surface area (Å²) in [6.45, 7) is 0.137. The lowest BCUT2D eigenvalue weighted by Crippen LogP contribution is -2.48. The first-order valence-electron chi connectivity index (χ1n) is 10.6. The molecule has 1 unspecified atom stereocenters. The summed E-state index contributed by atoms with van der Waals surface area (Å²) in [6, 6.07) is 15.3. The molecule has 0 spiro atoms. The Morgan fingerprint density at radius 2 is 1.65 bits per heavy atom. The normalized spacial score (nSPS) is 15.5. The van der Waals surface area contributed by atoms with Crippen LogP contribution in [0.1, 0.15) is 42.7 Å². The molecule has 2 aromatic rings. The summed E-state index contributed by atoms with van der Waals surface area (Å²) in [5.41, 5.74) is 4.47. The zero-order valence-electron chi connectivity index (χ0n) is 17.4. The monoisotopic (exact) mass is 422 g/mol. The highest BCUT2D eigenvalue weighted by atomic mass is 16.5. The van der Waals surface area contributed by atoms with Gasteiger partial charge in [-0.1, -0.05) is 48.5 Å². The van der Waals surface area contributed by atoms with Crippen LogP contribution in [0.15, 0.2) is 48.5 Å². The summed E-state index contributed by atoms with van der Waals surface area (Å²) >= 11 is 0. The van der Waals surface area contributed by atoms with Crippen LogP contribution in [-0.2, 0) is 14.3 Å². The molecular weight excluding hydrogens is 396 g/mol. The number of nitrogens with zero attached hydrogens (tertiary/aromatic N) is 1. The number of benzene rings is 2. The Labute approximate surface area is 181 Å². The second-order valence-corrected chi connectivity index (χ2v) is 8.14. The van der Waals surface area contributed by atoms with Crippen LogP contribution in [0.25, 0.3) is 11.1 Å². The molecule has 4 rings (SSSR count). The number of aliphatic carboxylic acids is 1. The molecule has 0 bridgehead atoms. The standard InChI is InChI=1S/C24H26N2O5/c1-26(15-10-11-15)23(29)21(12-13-22(27)28)25-24(30)31-14-20-18-8-4-2-6-16(18)17-7-3-5-9-19(17)20/h2-9,15,20-21H,10-14H2,1H3,(H,25,30)(H,27,28). The Balaban J connectivity index is 1.42. The van der Waals surface area contributed by atoms with E-state index in [0.29, 0.717) is 0 Å². The fourth-order valence-electron chi connectivity index (χ4n) is 4.20. The van der Waals surface area contributed by atoms with Crippen molar-refractivity contribution in [3.8, 4) is 11.1 Å². The van der Waals surface area contributed by atoms with E-state index in [1.807, 2.05) is 36.4 Å². The topological polar surface area (TPSA) is 95.9 Å². The zero-order chi connectivity index (χ0) is 22.0. The van der Waals surface area contributed by atoms with Gasteiger partial charge in [-0.2, -0.15) is 0 Å². The molecule has 2 amide bonds. The van der Waals surface area contributed by atoms with Gasteiger partial charge in [0.15, 0.2) is 0 Å². The van der Waals surface area contributed by atoms with E-state index in [2.05, 4.69) is 17.4 Å². The number of carbonyl (C=O) groups excluding carboxylic acids is 2. The number of hydrogen-bond donors (Lipinski definition) is 2. The number of rotatable bonds is 8. The molecule has 0 aromatic heterocycles. The summed E-state index contributed by atoms with van der Waals surface area (Å²) in [4.78, 5) is 37.8. The molecule has 1 atom stereocenters. The summed E-state index contributed by atoms with van der Waals surface area (Å²) in [7, 11) is 1.69. The van der Waals surface area contributed by atoms with Crippen molar-refractivity contribution in [3.05, 3.63) is 59.7 Å². The third-order valence-electron chi connectivity index (χ3n) is 6.02. The average Bonchev–Trinajstić information content (AvgIpc) is 3.57. The maximum atomic E-state index is 12.7. The van der Waals surface area contributed by atoms with Crippen LogP contribution in [0, 0.1) is 0 Å². The van der Waals surface area contributed by atoms with Gasteiger partial charge in [0.2, 0.25) is 5.91 Å². The quantitative estimate of drug-likeness (QED) is 0.680. The van der Waals surface area contributed by atoms with Gasteiger partial charge in [0.25, 0.3) is 0 Å². The van der Waals surface area contributed by atoms with E-state index < -0.39 is 18.1 Å². The highest BCUT2D eigenvalue weighted by molar-refractivity contribution is 5.86. The number of hydrogen-bond acceptors (Lipinski definition) is 4. The predicted octanol–water partition coefficient (Wildman–Crippen LogP) is 3.38. The van der Waals surface area contributed by atoms with Crippen LogP contribution in [-0.4, -0.2) is 53.7 Å². The van der Waals surface area contributed by atoms with Crippen molar-refractivity contribution in [1.82, 2.24) is 10.2 Å². The van der Waals surface area contributed by atoms with E-state index >= 15 is 0 Å². The lowest BCUT2D eigenvalue weighted by atomic mass is 9.98. The van der Waals surface area contributed by atoms with Gasteiger partial charge in [-0.25, -0.2) is 4.79 Å². The van der Waals surface area contributed by atoms with Gasteiger partial charge in [-0.15, -0.1) is 0 Å². The Morgan fingerprint density at radius 1 is 1.06 bits per heavy atom. The lowest BCUT2D eigenvalue weighted by Gasteiger charge is -2.24. The number of likely N-dealkylation sites (N-methyl/N-ethyl adjacent to an activating group) is 1. The Hall–Kier alpha value is -3.35. The molecular formula is C24H26N2O5. The number of amides is 2. The van der Waals surface area contributed by atoms with Crippen molar-refractivity contribution in [2.45, 2.75) is 43.7 Å². The molecule has 2 aliphatic rings. The third-order valence-corrected chi connectivity index (χ3v) is 6.02. The third kappa shape index (κ3) is 4.55. The molecule has 162 valence electrons. The van der Waals surface area contributed by atoms with Gasteiger partial charge >= 0.3 is 12.1 Å². The van der Waals surface area contributed by atoms with Crippen LogP contribution in [0.2, 0.25) is 0 Å². The van der Waals surface area contributed by atoms with Gasteiger partial charge in [0, 0.05) is 25.4 Å². The first-order valence-corrected chi connectivity index (χ1v) is 10.6. The summed E-state index contributed by atoms with van der Waals surface area (Å²) in [6.07, 6.45) is 0.959. The molecule has 2 N–H and O–H groups in total. The molecule has 7 heteroatoms. The van der Waals surface area contributed by atoms with Crippen molar-refractivity contribution >= 4 is 18.0 Å². The highest BCUT2D eigenvalue weighted by Crippen LogP contribution is 2.44. The number of carboxylic acid groups (broad SMARTS) is 1. The number of carbonyl (C=O) groups is 3. The fraction of sp³-hybridized carbons (Fsp3) is 0.375. The summed E-state index contributed by atoms with van der Waals surface area (Å²) < 4.78 is 5.51. The summed E-state index contributed by atoms with van der Waals surface area (Å²) in [5, 5.41) is 11.6. The molecule has 0 aliphatic heterocycles. The van der Waals surface area contributed by atoms with Gasteiger partial charge in [0.1, 0.15) is 12.6 Å². The van der Waals surface area contributed by atoms with Gasteiger partial charge in [0.05, 0.1) is 0 Å². The van der Waals surface area contributed by atoms with E-state index in [9.17, 15) is 14.4 Å². The molecule has 2 aromatic carbocycles. The van der Waals surface area contributed by atoms with Crippen molar-refractivity contribution in [3.63, 3.8) is 0 Å². The minimum absolute atomic E-state index is 0.0232. The van der Waals surface area contributed by atoms with Crippen LogP contribution in [0.5, 0.6) is 0 Å². The van der Waals surface area contributed by atoms with Crippen LogP contribution in [0.3, 0.4) is 0 Å². The fourth-order valence-corrected chi connectivity index (χ4v) is 4.20. The Kier molecular flexibility index (Phi) is 5.93. The zero-order valence-corrected chi connectivity index (χ0v) is 17.4. The molecule has 0 saturated heterocycles. The van der Waals surface area contributed by atoms with Gasteiger partial charge in [-0.3, -0.25) is 9.59 Å². The van der Waals surface area contributed by atoms with Crippen LogP contribution >= 0.6 is 0 Å². The van der Waals surface area contributed by atoms with E-state index in [1.165, 1.54) is 0 Å². The SMILES string of the molecule is CN(C(=O)C(CCC(=O)O)NC(=O)OCC1c2ccccc2-c2ccccc21)C1CC1. The minimum Gasteiger partial charge on any atom is -0.481 e.